The summed E-state index contributed by atoms with van der Waals surface area (Å²) < 4.78 is 5.65. The van der Waals surface area contributed by atoms with Crippen LogP contribution in [0.15, 0.2) is 94.9 Å². The molecule has 0 radical (unpaired) electrons. The molecule has 0 saturated heterocycles. The number of amides is 1. The highest BCUT2D eigenvalue weighted by Gasteiger charge is 2.29. The Morgan fingerprint density at radius 3 is 2.31 bits per heavy atom. The second-order valence-corrected chi connectivity index (χ2v) is 9.55. The van der Waals surface area contributed by atoms with Crippen molar-refractivity contribution in [1.29, 1.82) is 0 Å². The van der Waals surface area contributed by atoms with Crippen LogP contribution in [0.1, 0.15) is 28.2 Å². The van der Waals surface area contributed by atoms with Gasteiger partial charge in [-0.05, 0) is 45.5 Å². The van der Waals surface area contributed by atoms with Crippen molar-refractivity contribution in [2.75, 3.05) is 6.61 Å². The number of ether oxygens (including phenoxy) is 1. The van der Waals surface area contributed by atoms with Crippen molar-refractivity contribution in [2.24, 2.45) is 0 Å². The van der Waals surface area contributed by atoms with Gasteiger partial charge < -0.3 is 15.2 Å². The molecule has 0 saturated carbocycles. The summed E-state index contributed by atoms with van der Waals surface area (Å²) in [5.41, 5.74) is 6.33. The Morgan fingerprint density at radius 1 is 0.943 bits per heavy atom. The van der Waals surface area contributed by atoms with Crippen molar-refractivity contribution in [2.45, 2.75) is 28.9 Å². The molecule has 0 spiro atoms. The molecule has 0 bridgehead atoms. The predicted octanol–water partition coefficient (Wildman–Crippen LogP) is 6.42. The summed E-state index contributed by atoms with van der Waals surface area (Å²) in [5.74, 6) is 0.00428. The lowest BCUT2D eigenvalue weighted by molar-refractivity contribution is 0.142. The summed E-state index contributed by atoms with van der Waals surface area (Å²) in [7, 11) is 0. The zero-order valence-corrected chi connectivity index (χ0v) is 20.4. The summed E-state index contributed by atoms with van der Waals surface area (Å²) in [5, 5.41) is 12.8. The van der Waals surface area contributed by atoms with Gasteiger partial charge in [0.05, 0.1) is 11.5 Å². The van der Waals surface area contributed by atoms with Crippen LogP contribution in [-0.2, 0) is 17.9 Å². The van der Waals surface area contributed by atoms with Gasteiger partial charge in [-0.3, -0.25) is 0 Å². The number of alkyl carbamates (subject to hydrolysis) is 1. The van der Waals surface area contributed by atoms with Crippen LogP contribution in [0.4, 0.5) is 4.79 Å². The Balaban J connectivity index is 1.26. The van der Waals surface area contributed by atoms with E-state index in [0.717, 1.165) is 20.9 Å². The lowest BCUT2D eigenvalue weighted by Gasteiger charge is -2.16. The molecule has 7 heteroatoms. The van der Waals surface area contributed by atoms with E-state index in [0.29, 0.717) is 5.15 Å². The van der Waals surface area contributed by atoms with Crippen LogP contribution >= 0.6 is 23.4 Å². The van der Waals surface area contributed by atoms with E-state index >= 15 is 0 Å². The summed E-state index contributed by atoms with van der Waals surface area (Å²) in [6.45, 7) is 0.416. The van der Waals surface area contributed by atoms with Crippen LogP contribution in [0.25, 0.3) is 11.1 Å². The van der Waals surface area contributed by atoms with Crippen molar-refractivity contribution in [3.63, 3.8) is 0 Å². The first kappa shape index (κ1) is 23.4. The normalized spacial score (nSPS) is 12.2. The number of rotatable bonds is 7. The van der Waals surface area contributed by atoms with Gasteiger partial charge >= 0.3 is 6.09 Å². The van der Waals surface area contributed by atoms with E-state index in [1.807, 2.05) is 54.6 Å². The Kier molecular flexibility index (Phi) is 7.04. The van der Waals surface area contributed by atoms with Crippen LogP contribution in [0, 0.1) is 0 Å². The maximum absolute atomic E-state index is 12.6. The summed E-state index contributed by atoms with van der Waals surface area (Å²) >= 11 is 7.81. The van der Waals surface area contributed by atoms with Crippen LogP contribution in [0.2, 0.25) is 5.15 Å². The molecule has 3 aromatic carbocycles. The quantitative estimate of drug-likeness (QED) is 0.285. The number of carbonyl (C=O) groups excluding carboxylic acids is 1. The molecule has 0 unspecified atom stereocenters. The number of nitrogens with one attached hydrogen (secondary N) is 1. The number of halogens is 1. The first-order chi connectivity index (χ1) is 17.2. The van der Waals surface area contributed by atoms with Gasteiger partial charge in [0.15, 0.2) is 0 Å². The summed E-state index contributed by atoms with van der Waals surface area (Å²) in [6, 6.07) is 25.9. The predicted molar refractivity (Wildman–Crippen MR) is 138 cm³/mol. The van der Waals surface area contributed by atoms with E-state index in [1.165, 1.54) is 34.0 Å². The minimum atomic E-state index is -0.494. The fraction of sp³-hybridized carbons (Fsp3) is 0.143. The summed E-state index contributed by atoms with van der Waals surface area (Å²) in [4.78, 5) is 18.4. The smallest absolute Gasteiger partial charge is 0.407 e. The second-order valence-electron chi connectivity index (χ2n) is 8.14. The number of carbonyl (C=O) groups is 1. The highest BCUT2D eigenvalue weighted by molar-refractivity contribution is 7.99. The molecule has 1 amide bonds. The number of aromatic nitrogens is 1. The van der Waals surface area contributed by atoms with Crippen molar-refractivity contribution in [3.8, 4) is 11.1 Å². The van der Waals surface area contributed by atoms with Crippen molar-refractivity contribution >= 4 is 29.5 Å². The number of hydrogen-bond donors (Lipinski definition) is 2. The summed E-state index contributed by atoms with van der Waals surface area (Å²) in [6.07, 6.45) is 1.12. The van der Waals surface area contributed by atoms with Gasteiger partial charge in [0, 0.05) is 23.6 Å². The van der Waals surface area contributed by atoms with E-state index in [1.54, 1.807) is 6.20 Å². The molecular weight excluding hydrogens is 480 g/mol. The first-order valence-corrected chi connectivity index (χ1v) is 12.4. The molecule has 35 heavy (non-hydrogen) atoms. The average Bonchev–Trinajstić information content (AvgIpc) is 3.21. The molecule has 1 heterocycles. The molecule has 5 nitrogen and oxygen atoms in total. The van der Waals surface area contributed by atoms with Gasteiger partial charge in [-0.15, -0.1) is 0 Å². The number of aliphatic hydroxyl groups excluding tert-OH is 1. The van der Waals surface area contributed by atoms with E-state index in [-0.39, 0.29) is 25.7 Å². The van der Waals surface area contributed by atoms with E-state index in [2.05, 4.69) is 34.6 Å². The third kappa shape index (κ3) is 4.91. The zero-order chi connectivity index (χ0) is 24.2. The van der Waals surface area contributed by atoms with Gasteiger partial charge in [0.25, 0.3) is 0 Å². The monoisotopic (exact) mass is 502 g/mol. The maximum atomic E-state index is 12.6. The molecule has 176 valence electrons. The third-order valence-corrected chi connectivity index (χ3v) is 7.74. The van der Waals surface area contributed by atoms with E-state index in [4.69, 9.17) is 16.3 Å². The molecule has 1 aromatic heterocycles. The van der Waals surface area contributed by atoms with Gasteiger partial charge in [-0.25, -0.2) is 9.78 Å². The van der Waals surface area contributed by atoms with Crippen molar-refractivity contribution < 1.29 is 14.6 Å². The topological polar surface area (TPSA) is 71.5 Å². The molecule has 0 atom stereocenters. The fourth-order valence-electron chi connectivity index (χ4n) is 4.37. The van der Waals surface area contributed by atoms with Gasteiger partial charge in [-0.2, -0.15) is 0 Å². The fourth-order valence-corrected chi connectivity index (χ4v) is 5.70. The average molecular weight is 503 g/mol. The highest BCUT2D eigenvalue weighted by atomic mass is 35.5. The zero-order valence-electron chi connectivity index (χ0n) is 18.8. The first-order valence-electron chi connectivity index (χ1n) is 11.2. The van der Waals surface area contributed by atoms with Gasteiger partial charge in [-0.1, -0.05) is 90.1 Å². The Hall–Kier alpha value is -3.32. The van der Waals surface area contributed by atoms with Crippen molar-refractivity contribution in [1.82, 2.24) is 10.3 Å². The van der Waals surface area contributed by atoms with Gasteiger partial charge in [0.1, 0.15) is 11.8 Å². The molecule has 0 aliphatic heterocycles. The maximum Gasteiger partial charge on any atom is 0.407 e. The number of nitrogens with zero attached hydrogens (tertiary/aromatic N) is 1. The standard InChI is InChI=1S/C28H23ClN2O3S/c29-27-26(35-25-12-6-1-7-19(25)16-32)18(13-14-30-27)15-31-28(33)34-17-24-22-10-4-2-8-20(22)21-9-3-5-11-23(21)24/h1-14,24,32H,15-17H2,(H,31,33). The van der Waals surface area contributed by atoms with Crippen LogP contribution in [0.5, 0.6) is 0 Å². The van der Waals surface area contributed by atoms with E-state index in [9.17, 15) is 9.90 Å². The number of hydrogen-bond acceptors (Lipinski definition) is 5. The second kappa shape index (κ2) is 10.5. The highest BCUT2D eigenvalue weighted by Crippen LogP contribution is 2.44. The lowest BCUT2D eigenvalue weighted by Crippen LogP contribution is -2.26. The van der Waals surface area contributed by atoms with Crippen LogP contribution < -0.4 is 5.32 Å². The third-order valence-electron chi connectivity index (χ3n) is 6.06. The molecule has 5 rings (SSSR count). The van der Waals surface area contributed by atoms with Crippen molar-refractivity contribution in [3.05, 3.63) is 112 Å². The van der Waals surface area contributed by atoms with E-state index < -0.39 is 6.09 Å². The minimum absolute atomic E-state index is 0.00428. The SMILES string of the molecule is O=C(NCc1ccnc(Cl)c1Sc1ccccc1CO)OCC1c2ccccc2-c2ccccc21. The molecular formula is C28H23ClN2O3S. The van der Waals surface area contributed by atoms with Gasteiger partial charge in [0.2, 0.25) is 0 Å². The molecule has 1 aliphatic carbocycles. The number of pyridine rings is 1. The number of aliphatic hydroxyl groups is 1. The molecule has 0 fully saturated rings. The van der Waals surface area contributed by atoms with Crippen LogP contribution in [0.3, 0.4) is 0 Å². The number of benzene rings is 3. The number of fused-ring (bicyclic) bond motifs is 3. The lowest BCUT2D eigenvalue weighted by atomic mass is 9.98. The molecule has 1 aliphatic rings. The largest absolute Gasteiger partial charge is 0.449 e. The van der Waals surface area contributed by atoms with Crippen LogP contribution in [-0.4, -0.2) is 22.8 Å². The molecule has 4 aromatic rings. The minimum Gasteiger partial charge on any atom is -0.449 e. The Bertz CT molecular complexity index is 1330. The Labute approximate surface area is 213 Å². The Morgan fingerprint density at radius 2 is 1.60 bits per heavy atom. The molecule has 2 N–H and O–H groups in total.